The Hall–Kier alpha value is -2.09. The monoisotopic (exact) mass is 337 g/mol. The number of ether oxygens (including phenoxy) is 2. The Morgan fingerprint density at radius 3 is 2.26 bits per heavy atom. The van der Waals surface area contributed by atoms with Crippen LogP contribution in [0.3, 0.4) is 0 Å². The predicted octanol–water partition coefficient (Wildman–Crippen LogP) is 1.41. The number of benzene rings is 2. The van der Waals surface area contributed by atoms with Crippen LogP contribution in [0.15, 0.2) is 59.5 Å². The van der Waals surface area contributed by atoms with Gasteiger partial charge in [0, 0.05) is 6.54 Å². The first-order valence-electron chi connectivity index (χ1n) is 7.01. The lowest BCUT2D eigenvalue weighted by Gasteiger charge is -2.14. The Morgan fingerprint density at radius 1 is 1.04 bits per heavy atom. The Kier molecular flexibility index (Phi) is 5.97. The van der Waals surface area contributed by atoms with Gasteiger partial charge in [-0.3, -0.25) is 0 Å². The van der Waals surface area contributed by atoms with E-state index < -0.39 is 16.1 Å². The SMILES string of the molecule is COc1ccc(OC[C@@H](O)CNS(=O)(=O)c2ccccc2)cc1. The molecule has 0 radical (unpaired) electrons. The first kappa shape index (κ1) is 17.3. The maximum atomic E-state index is 12.0. The van der Waals surface area contributed by atoms with Crippen molar-refractivity contribution in [3.05, 3.63) is 54.6 Å². The Balaban J connectivity index is 1.81. The van der Waals surface area contributed by atoms with E-state index in [2.05, 4.69) is 4.72 Å². The fraction of sp³-hybridized carbons (Fsp3) is 0.250. The lowest BCUT2D eigenvalue weighted by atomic mass is 10.3. The van der Waals surface area contributed by atoms with Gasteiger partial charge in [0.15, 0.2) is 0 Å². The third-order valence-electron chi connectivity index (χ3n) is 3.06. The summed E-state index contributed by atoms with van der Waals surface area (Å²) in [7, 11) is -2.06. The fourth-order valence-corrected chi connectivity index (χ4v) is 2.91. The van der Waals surface area contributed by atoms with Gasteiger partial charge in [0.1, 0.15) is 24.2 Å². The van der Waals surface area contributed by atoms with Crippen molar-refractivity contribution in [3.8, 4) is 11.5 Å². The number of sulfonamides is 1. The van der Waals surface area contributed by atoms with Gasteiger partial charge in [0.05, 0.1) is 12.0 Å². The van der Waals surface area contributed by atoms with Crippen molar-refractivity contribution in [1.82, 2.24) is 4.72 Å². The van der Waals surface area contributed by atoms with Gasteiger partial charge in [0.2, 0.25) is 10.0 Å². The van der Waals surface area contributed by atoms with Crippen molar-refractivity contribution in [1.29, 1.82) is 0 Å². The zero-order valence-electron chi connectivity index (χ0n) is 12.7. The summed E-state index contributed by atoms with van der Waals surface area (Å²) in [5.74, 6) is 1.27. The maximum absolute atomic E-state index is 12.0. The van der Waals surface area contributed by atoms with E-state index in [4.69, 9.17) is 9.47 Å². The third kappa shape index (κ3) is 5.24. The molecule has 0 heterocycles. The Bertz CT molecular complexity index is 701. The molecule has 7 heteroatoms. The molecule has 124 valence electrons. The van der Waals surface area contributed by atoms with E-state index in [1.165, 1.54) is 12.1 Å². The number of hydrogen-bond donors (Lipinski definition) is 2. The smallest absolute Gasteiger partial charge is 0.240 e. The minimum atomic E-state index is -3.63. The fourth-order valence-electron chi connectivity index (χ4n) is 1.81. The van der Waals surface area contributed by atoms with E-state index in [9.17, 15) is 13.5 Å². The van der Waals surface area contributed by atoms with Crippen molar-refractivity contribution in [2.45, 2.75) is 11.0 Å². The number of nitrogens with one attached hydrogen (secondary N) is 1. The maximum Gasteiger partial charge on any atom is 0.240 e. The second-order valence-corrected chi connectivity index (χ2v) is 6.57. The number of aliphatic hydroxyl groups is 1. The van der Waals surface area contributed by atoms with E-state index in [1.807, 2.05) is 0 Å². The first-order valence-corrected chi connectivity index (χ1v) is 8.49. The van der Waals surface area contributed by atoms with Crippen LogP contribution >= 0.6 is 0 Å². The lowest BCUT2D eigenvalue weighted by molar-refractivity contribution is 0.111. The predicted molar refractivity (Wildman–Crippen MR) is 86.1 cm³/mol. The first-order chi connectivity index (χ1) is 11.0. The van der Waals surface area contributed by atoms with Crippen LogP contribution in [0.5, 0.6) is 11.5 Å². The molecule has 2 aromatic rings. The third-order valence-corrected chi connectivity index (χ3v) is 4.50. The molecule has 2 aromatic carbocycles. The summed E-state index contributed by atoms with van der Waals surface area (Å²) in [6.07, 6.45) is -0.962. The van der Waals surface area contributed by atoms with E-state index in [1.54, 1.807) is 49.6 Å². The van der Waals surface area contributed by atoms with Crippen molar-refractivity contribution >= 4 is 10.0 Å². The molecular weight excluding hydrogens is 318 g/mol. The standard InChI is InChI=1S/C16H19NO5S/c1-21-14-7-9-15(10-8-14)22-12-13(18)11-17-23(19,20)16-5-3-2-4-6-16/h2-10,13,17-18H,11-12H2,1H3/t13-/m0/s1. The van der Waals surface area contributed by atoms with Crippen LogP contribution in [-0.4, -0.2) is 39.9 Å². The molecule has 0 bridgehead atoms. The van der Waals surface area contributed by atoms with Gasteiger partial charge < -0.3 is 14.6 Å². The van der Waals surface area contributed by atoms with Crippen LogP contribution in [0.2, 0.25) is 0 Å². The van der Waals surface area contributed by atoms with Crippen LogP contribution in [0, 0.1) is 0 Å². The number of aliphatic hydroxyl groups excluding tert-OH is 1. The summed E-state index contributed by atoms with van der Waals surface area (Å²) in [6, 6.07) is 14.9. The van der Waals surface area contributed by atoms with Crippen molar-refractivity contribution < 1.29 is 23.0 Å². The number of methoxy groups -OCH3 is 1. The highest BCUT2D eigenvalue weighted by atomic mass is 32.2. The zero-order chi connectivity index (χ0) is 16.7. The molecule has 0 fully saturated rings. The van der Waals surface area contributed by atoms with Crippen LogP contribution in [0.4, 0.5) is 0 Å². The van der Waals surface area contributed by atoms with Crippen molar-refractivity contribution in [2.24, 2.45) is 0 Å². The summed E-state index contributed by atoms with van der Waals surface area (Å²) >= 11 is 0. The molecule has 1 atom stereocenters. The summed E-state index contributed by atoms with van der Waals surface area (Å²) in [5, 5.41) is 9.84. The molecule has 0 aliphatic heterocycles. The molecule has 0 spiro atoms. The molecule has 2 N–H and O–H groups in total. The van der Waals surface area contributed by atoms with Gasteiger partial charge in [-0.15, -0.1) is 0 Å². The van der Waals surface area contributed by atoms with E-state index in [0.717, 1.165) is 0 Å². The lowest BCUT2D eigenvalue weighted by Crippen LogP contribution is -2.35. The summed E-state index contributed by atoms with van der Waals surface area (Å²) in [5.41, 5.74) is 0. The van der Waals surface area contributed by atoms with Crippen LogP contribution in [0.1, 0.15) is 0 Å². The normalized spacial score (nSPS) is 12.6. The minimum Gasteiger partial charge on any atom is -0.497 e. The Labute approximate surface area is 135 Å². The zero-order valence-corrected chi connectivity index (χ0v) is 13.5. The van der Waals surface area contributed by atoms with Gasteiger partial charge in [-0.1, -0.05) is 18.2 Å². The highest BCUT2D eigenvalue weighted by Crippen LogP contribution is 2.17. The largest absolute Gasteiger partial charge is 0.497 e. The van der Waals surface area contributed by atoms with Crippen LogP contribution in [0.25, 0.3) is 0 Å². The highest BCUT2D eigenvalue weighted by Gasteiger charge is 2.15. The molecule has 0 amide bonds. The molecule has 0 aliphatic carbocycles. The van der Waals surface area contributed by atoms with Gasteiger partial charge in [-0.05, 0) is 36.4 Å². The second kappa shape index (κ2) is 7.96. The highest BCUT2D eigenvalue weighted by molar-refractivity contribution is 7.89. The number of hydrogen-bond acceptors (Lipinski definition) is 5. The average molecular weight is 337 g/mol. The van der Waals surface area contributed by atoms with Crippen molar-refractivity contribution in [2.75, 3.05) is 20.3 Å². The molecular formula is C16H19NO5S. The summed E-state index contributed by atoms with van der Waals surface area (Å²) < 4.78 is 36.8. The van der Waals surface area contributed by atoms with Gasteiger partial charge in [-0.2, -0.15) is 0 Å². The summed E-state index contributed by atoms with van der Waals surface area (Å²) in [6.45, 7) is -0.156. The second-order valence-electron chi connectivity index (χ2n) is 4.81. The molecule has 0 saturated heterocycles. The molecule has 23 heavy (non-hydrogen) atoms. The molecule has 0 saturated carbocycles. The molecule has 0 aliphatic rings. The number of rotatable bonds is 8. The van der Waals surface area contributed by atoms with Crippen LogP contribution < -0.4 is 14.2 Å². The van der Waals surface area contributed by atoms with Crippen LogP contribution in [-0.2, 0) is 10.0 Å². The molecule has 6 nitrogen and oxygen atoms in total. The molecule has 0 aromatic heterocycles. The quantitative estimate of drug-likeness (QED) is 0.761. The topological polar surface area (TPSA) is 84.9 Å². The van der Waals surface area contributed by atoms with Gasteiger partial charge in [-0.25, -0.2) is 13.1 Å². The molecule has 0 unspecified atom stereocenters. The van der Waals surface area contributed by atoms with Gasteiger partial charge >= 0.3 is 0 Å². The minimum absolute atomic E-state index is 0.0242. The van der Waals surface area contributed by atoms with Gasteiger partial charge in [0.25, 0.3) is 0 Å². The average Bonchev–Trinajstić information content (AvgIpc) is 2.59. The molecule has 2 rings (SSSR count). The summed E-state index contributed by atoms with van der Waals surface area (Å²) in [4.78, 5) is 0.156. The van der Waals surface area contributed by atoms with E-state index in [0.29, 0.717) is 11.5 Å². The Morgan fingerprint density at radius 2 is 1.65 bits per heavy atom. The van der Waals surface area contributed by atoms with E-state index in [-0.39, 0.29) is 18.0 Å². The van der Waals surface area contributed by atoms with Crippen molar-refractivity contribution in [3.63, 3.8) is 0 Å². The van der Waals surface area contributed by atoms with E-state index >= 15 is 0 Å².